The maximum Gasteiger partial charge on any atom is 0.0430 e. The third-order valence-corrected chi connectivity index (χ3v) is 3.82. The van der Waals surface area contributed by atoms with Crippen LogP contribution in [0.3, 0.4) is 0 Å². The Labute approximate surface area is 111 Å². The van der Waals surface area contributed by atoms with Crippen LogP contribution in [0.2, 0.25) is 0 Å². The molecule has 96 valence electrons. The molecule has 0 radical (unpaired) electrons. The molecule has 1 heteroatoms. The summed E-state index contributed by atoms with van der Waals surface area (Å²) < 4.78 is 0. The Kier molecular flexibility index (Phi) is 4.35. The smallest absolute Gasteiger partial charge is 0.0430 e. The second-order valence-corrected chi connectivity index (χ2v) is 5.28. The highest BCUT2D eigenvalue weighted by atomic mass is 14.7. The van der Waals surface area contributed by atoms with Gasteiger partial charge in [-0.15, -0.1) is 0 Å². The number of hydrogen-bond acceptors (Lipinski definition) is 1. The van der Waals surface area contributed by atoms with E-state index in [1.54, 1.807) is 0 Å². The molecule has 1 aliphatic carbocycles. The number of aromatic nitrogens is 1. The van der Waals surface area contributed by atoms with Crippen LogP contribution in [0.5, 0.6) is 0 Å². The number of allylic oxidation sites excluding steroid dienone is 4. The van der Waals surface area contributed by atoms with Crippen molar-refractivity contribution in [2.45, 2.75) is 40.0 Å². The van der Waals surface area contributed by atoms with Gasteiger partial charge in [-0.2, -0.15) is 0 Å². The maximum absolute atomic E-state index is 4.57. The van der Waals surface area contributed by atoms with Gasteiger partial charge >= 0.3 is 0 Å². The predicted molar refractivity (Wildman–Crippen MR) is 77.6 cm³/mol. The van der Waals surface area contributed by atoms with Crippen LogP contribution in [0.1, 0.15) is 37.1 Å². The van der Waals surface area contributed by atoms with Crippen molar-refractivity contribution < 1.29 is 0 Å². The van der Waals surface area contributed by atoms with Gasteiger partial charge in [-0.3, -0.25) is 4.98 Å². The van der Waals surface area contributed by atoms with Crippen molar-refractivity contribution in [1.82, 2.24) is 4.98 Å². The van der Waals surface area contributed by atoms with E-state index in [0.717, 1.165) is 19.3 Å². The molecule has 0 aliphatic heterocycles. The molecule has 2 atom stereocenters. The second-order valence-electron chi connectivity index (χ2n) is 5.28. The molecule has 0 spiro atoms. The van der Waals surface area contributed by atoms with E-state index in [9.17, 15) is 0 Å². The van der Waals surface area contributed by atoms with E-state index in [0.29, 0.717) is 11.8 Å². The molecule has 2 unspecified atom stereocenters. The lowest BCUT2D eigenvalue weighted by Gasteiger charge is -2.17. The molecule has 1 nitrogen and oxygen atoms in total. The number of hydrogen-bond donors (Lipinski definition) is 0. The molecule has 18 heavy (non-hydrogen) atoms. The Hall–Kier alpha value is -1.37. The Morgan fingerprint density at radius 2 is 2.06 bits per heavy atom. The molecule has 1 aliphatic rings. The zero-order valence-corrected chi connectivity index (χ0v) is 11.7. The fourth-order valence-electron chi connectivity index (χ4n) is 2.61. The largest absolute Gasteiger partial charge is 0.261 e. The minimum absolute atomic E-state index is 0.609. The van der Waals surface area contributed by atoms with Gasteiger partial charge in [-0.25, -0.2) is 0 Å². The maximum atomic E-state index is 4.57. The fourth-order valence-corrected chi connectivity index (χ4v) is 2.61. The molecule has 0 amide bonds. The lowest BCUT2D eigenvalue weighted by molar-refractivity contribution is 0.510. The second kappa shape index (κ2) is 5.99. The van der Waals surface area contributed by atoms with E-state index in [-0.39, 0.29) is 0 Å². The van der Waals surface area contributed by atoms with Crippen LogP contribution in [-0.2, 0) is 12.8 Å². The summed E-state index contributed by atoms with van der Waals surface area (Å²) in [4.78, 5) is 4.57. The van der Waals surface area contributed by atoms with Gasteiger partial charge in [-0.1, -0.05) is 44.2 Å². The summed E-state index contributed by atoms with van der Waals surface area (Å²) >= 11 is 0. The zero-order chi connectivity index (χ0) is 13.0. The quantitative estimate of drug-likeness (QED) is 0.720. The molecular formula is C17H23N. The predicted octanol–water partition coefficient (Wildman–Crippen LogP) is 4.26. The van der Waals surface area contributed by atoms with Crippen molar-refractivity contribution in [3.63, 3.8) is 0 Å². The molecule has 0 bridgehead atoms. The molecular weight excluding hydrogens is 218 g/mol. The SMILES string of the molecule is CCc1ncc(CC2C=CCC=CC2C)cc1C. The Balaban J connectivity index is 2.13. The van der Waals surface area contributed by atoms with Gasteiger partial charge in [0.1, 0.15) is 0 Å². The molecule has 0 saturated carbocycles. The van der Waals surface area contributed by atoms with Crippen LogP contribution in [-0.4, -0.2) is 4.98 Å². The summed E-state index contributed by atoms with van der Waals surface area (Å²) in [5.74, 6) is 1.23. The van der Waals surface area contributed by atoms with Crippen LogP contribution >= 0.6 is 0 Å². The van der Waals surface area contributed by atoms with Gasteiger partial charge in [0.15, 0.2) is 0 Å². The van der Waals surface area contributed by atoms with Gasteiger partial charge in [0.05, 0.1) is 0 Å². The van der Waals surface area contributed by atoms with Gasteiger partial charge < -0.3 is 0 Å². The monoisotopic (exact) mass is 241 g/mol. The molecule has 0 saturated heterocycles. The molecule has 2 rings (SSSR count). The molecule has 0 aromatic carbocycles. The van der Waals surface area contributed by atoms with Crippen molar-refractivity contribution in [1.29, 1.82) is 0 Å². The van der Waals surface area contributed by atoms with Gasteiger partial charge in [0.2, 0.25) is 0 Å². The Morgan fingerprint density at radius 3 is 2.78 bits per heavy atom. The summed E-state index contributed by atoms with van der Waals surface area (Å²) in [6.07, 6.45) is 14.5. The standard InChI is InChI=1S/C17H23N/c1-4-17-14(3)10-15(12-18-17)11-16-9-7-5-6-8-13(16)2/h6-10,12-13,16H,4-5,11H2,1-3H3. The van der Waals surface area contributed by atoms with E-state index in [1.165, 1.54) is 16.8 Å². The first-order chi connectivity index (χ1) is 8.70. The van der Waals surface area contributed by atoms with Crippen molar-refractivity contribution in [2.24, 2.45) is 11.8 Å². The van der Waals surface area contributed by atoms with Gasteiger partial charge in [0, 0.05) is 11.9 Å². The van der Waals surface area contributed by atoms with Crippen LogP contribution in [0.4, 0.5) is 0 Å². The van der Waals surface area contributed by atoms with E-state index >= 15 is 0 Å². The summed E-state index contributed by atoms with van der Waals surface area (Å²) in [5, 5.41) is 0. The first-order valence-electron chi connectivity index (χ1n) is 6.98. The third kappa shape index (κ3) is 3.10. The zero-order valence-electron chi connectivity index (χ0n) is 11.7. The average Bonchev–Trinajstić information content (AvgIpc) is 2.55. The van der Waals surface area contributed by atoms with Crippen LogP contribution in [0, 0.1) is 18.8 Å². The first kappa shape index (κ1) is 13.1. The molecule has 0 N–H and O–H groups in total. The Morgan fingerprint density at radius 1 is 1.28 bits per heavy atom. The molecule has 0 fully saturated rings. The number of pyridine rings is 1. The summed E-state index contributed by atoms with van der Waals surface area (Å²) in [5.41, 5.74) is 3.92. The van der Waals surface area contributed by atoms with Crippen molar-refractivity contribution >= 4 is 0 Å². The van der Waals surface area contributed by atoms with Crippen molar-refractivity contribution in [2.75, 3.05) is 0 Å². The first-order valence-corrected chi connectivity index (χ1v) is 6.98. The number of aryl methyl sites for hydroxylation is 2. The summed E-state index contributed by atoms with van der Waals surface area (Å²) in [6, 6.07) is 2.31. The highest BCUT2D eigenvalue weighted by Crippen LogP contribution is 2.23. The third-order valence-electron chi connectivity index (χ3n) is 3.82. The highest BCUT2D eigenvalue weighted by molar-refractivity contribution is 5.25. The van der Waals surface area contributed by atoms with Crippen LogP contribution in [0.15, 0.2) is 36.6 Å². The lowest BCUT2D eigenvalue weighted by Crippen LogP contribution is -2.10. The van der Waals surface area contributed by atoms with E-state index < -0.39 is 0 Å². The lowest BCUT2D eigenvalue weighted by atomic mass is 9.88. The van der Waals surface area contributed by atoms with Crippen LogP contribution in [0.25, 0.3) is 0 Å². The van der Waals surface area contributed by atoms with Crippen molar-refractivity contribution in [3.8, 4) is 0 Å². The van der Waals surface area contributed by atoms with E-state index in [2.05, 4.69) is 62.3 Å². The topological polar surface area (TPSA) is 12.9 Å². The molecule has 1 aromatic heterocycles. The van der Waals surface area contributed by atoms with Gasteiger partial charge in [0.25, 0.3) is 0 Å². The minimum Gasteiger partial charge on any atom is -0.261 e. The normalized spacial score (nSPS) is 23.1. The number of nitrogens with zero attached hydrogens (tertiary/aromatic N) is 1. The Bertz CT molecular complexity index is 457. The van der Waals surface area contributed by atoms with Crippen LogP contribution < -0.4 is 0 Å². The average molecular weight is 241 g/mol. The summed E-state index contributed by atoms with van der Waals surface area (Å²) in [6.45, 7) is 6.63. The van der Waals surface area contributed by atoms with E-state index in [4.69, 9.17) is 0 Å². The minimum atomic E-state index is 0.609. The van der Waals surface area contributed by atoms with E-state index in [1.807, 2.05) is 0 Å². The number of rotatable bonds is 3. The molecule has 1 aromatic rings. The highest BCUT2D eigenvalue weighted by Gasteiger charge is 2.14. The fraction of sp³-hybridized carbons (Fsp3) is 0.471. The van der Waals surface area contributed by atoms with Gasteiger partial charge in [-0.05, 0) is 49.1 Å². The summed E-state index contributed by atoms with van der Waals surface area (Å²) in [7, 11) is 0. The molecule has 1 heterocycles. The van der Waals surface area contributed by atoms with Crippen molar-refractivity contribution in [3.05, 3.63) is 53.4 Å².